The molecule has 0 bridgehead atoms. The molecule has 1 aromatic carbocycles. The Balaban J connectivity index is 2.87. The van der Waals surface area contributed by atoms with Gasteiger partial charge in [-0.25, -0.2) is 4.79 Å². The van der Waals surface area contributed by atoms with Crippen LogP contribution in [0.25, 0.3) is 0 Å². The molecule has 0 aliphatic rings. The van der Waals surface area contributed by atoms with Crippen LogP contribution in [0.1, 0.15) is 59.9 Å². The van der Waals surface area contributed by atoms with Gasteiger partial charge in [-0.2, -0.15) is 0 Å². The van der Waals surface area contributed by atoms with Gasteiger partial charge in [0.2, 0.25) is 11.8 Å². The molecule has 0 fully saturated rings. The maximum atomic E-state index is 13.1. The molecule has 0 radical (unpaired) electrons. The summed E-state index contributed by atoms with van der Waals surface area (Å²) >= 11 is 0. The Morgan fingerprint density at radius 3 is 1.86 bits per heavy atom. The second-order valence-corrected chi connectivity index (χ2v) is 10.1. The zero-order chi connectivity index (χ0) is 27.4. The molecule has 0 heterocycles. The first-order valence-electron chi connectivity index (χ1n) is 12.3. The minimum absolute atomic E-state index is 0.0477. The van der Waals surface area contributed by atoms with Crippen molar-refractivity contribution in [2.24, 2.45) is 17.8 Å². The number of amides is 3. The summed E-state index contributed by atoms with van der Waals surface area (Å²) in [5, 5.41) is 27.3. The number of aliphatic hydroxyl groups excluding tert-OH is 1. The van der Waals surface area contributed by atoms with Crippen molar-refractivity contribution >= 4 is 23.9 Å². The van der Waals surface area contributed by atoms with Gasteiger partial charge in [0, 0.05) is 0 Å². The number of alkyl carbamates (subject to hydrolysis) is 1. The molecule has 10 nitrogen and oxygen atoms in total. The number of benzene rings is 1. The molecule has 1 rings (SSSR count). The summed E-state index contributed by atoms with van der Waals surface area (Å²) in [4.78, 5) is 49.5. The van der Waals surface area contributed by atoms with E-state index in [-0.39, 0.29) is 24.4 Å². The molecule has 0 unspecified atom stereocenters. The lowest BCUT2D eigenvalue weighted by Gasteiger charge is -2.30. The number of rotatable bonds is 14. The Bertz CT molecular complexity index is 858. The van der Waals surface area contributed by atoms with E-state index in [4.69, 9.17) is 9.84 Å². The SMILES string of the molecule is CC(C)C[C@H](NC(=O)[C@@H](NC(=O)[C@@H](NC(=O)OCc1ccccc1)C(C)C)C(C)C)[C@H](O)CC(=O)O. The number of hydrogen-bond acceptors (Lipinski definition) is 6. The highest BCUT2D eigenvalue weighted by Gasteiger charge is 2.33. The minimum Gasteiger partial charge on any atom is -0.481 e. The summed E-state index contributed by atoms with van der Waals surface area (Å²) in [5.74, 6) is -2.80. The summed E-state index contributed by atoms with van der Waals surface area (Å²) in [6, 6.07) is 6.41. The van der Waals surface area contributed by atoms with Crippen molar-refractivity contribution in [3.05, 3.63) is 35.9 Å². The van der Waals surface area contributed by atoms with Crippen LogP contribution >= 0.6 is 0 Å². The maximum absolute atomic E-state index is 13.1. The van der Waals surface area contributed by atoms with E-state index in [1.807, 2.05) is 44.2 Å². The van der Waals surface area contributed by atoms with E-state index in [0.29, 0.717) is 6.42 Å². The van der Waals surface area contributed by atoms with Gasteiger partial charge in [0.15, 0.2) is 0 Å². The third kappa shape index (κ3) is 11.1. The molecule has 0 saturated heterocycles. The van der Waals surface area contributed by atoms with Crippen molar-refractivity contribution in [2.75, 3.05) is 0 Å². The molecule has 0 aliphatic carbocycles. The van der Waals surface area contributed by atoms with E-state index >= 15 is 0 Å². The molecular weight excluding hydrogens is 466 g/mol. The lowest BCUT2D eigenvalue weighted by molar-refractivity contribution is -0.140. The molecule has 0 aliphatic heterocycles. The highest BCUT2D eigenvalue weighted by Crippen LogP contribution is 2.13. The Hall–Kier alpha value is -3.14. The number of aliphatic hydroxyl groups is 1. The van der Waals surface area contributed by atoms with Crippen molar-refractivity contribution < 1.29 is 34.1 Å². The first-order valence-corrected chi connectivity index (χ1v) is 12.3. The number of nitrogens with one attached hydrogen (secondary N) is 3. The molecular formula is C26H41N3O7. The predicted octanol–water partition coefficient (Wildman–Crippen LogP) is 2.44. The third-order valence-electron chi connectivity index (χ3n) is 5.58. The van der Waals surface area contributed by atoms with Crippen molar-refractivity contribution in [1.29, 1.82) is 0 Å². The molecule has 36 heavy (non-hydrogen) atoms. The lowest BCUT2D eigenvalue weighted by atomic mass is 9.95. The molecule has 4 atom stereocenters. The fourth-order valence-electron chi connectivity index (χ4n) is 3.62. The van der Waals surface area contributed by atoms with Gasteiger partial charge in [-0.05, 0) is 29.7 Å². The van der Waals surface area contributed by atoms with Gasteiger partial charge in [0.1, 0.15) is 18.7 Å². The number of carboxylic acids is 1. The molecule has 5 N–H and O–H groups in total. The predicted molar refractivity (Wildman–Crippen MR) is 135 cm³/mol. The smallest absolute Gasteiger partial charge is 0.408 e. The average molecular weight is 508 g/mol. The summed E-state index contributed by atoms with van der Waals surface area (Å²) < 4.78 is 5.22. The largest absolute Gasteiger partial charge is 0.481 e. The van der Waals surface area contributed by atoms with Gasteiger partial charge in [-0.1, -0.05) is 71.9 Å². The highest BCUT2D eigenvalue weighted by molar-refractivity contribution is 5.91. The Morgan fingerprint density at radius 1 is 0.833 bits per heavy atom. The van der Waals surface area contributed by atoms with Crippen LogP contribution in [-0.2, 0) is 25.7 Å². The summed E-state index contributed by atoms with van der Waals surface area (Å²) in [5.41, 5.74) is 0.802. The van der Waals surface area contributed by atoms with Crippen LogP contribution in [0.2, 0.25) is 0 Å². The normalized spacial score (nSPS) is 14.6. The number of carbonyl (C=O) groups is 4. The second kappa shape index (κ2) is 15.1. The van der Waals surface area contributed by atoms with E-state index in [1.54, 1.807) is 27.7 Å². The van der Waals surface area contributed by atoms with Crippen LogP contribution in [0.4, 0.5) is 4.79 Å². The zero-order valence-electron chi connectivity index (χ0n) is 22.0. The highest BCUT2D eigenvalue weighted by atomic mass is 16.5. The van der Waals surface area contributed by atoms with E-state index < -0.39 is 54.5 Å². The Labute approximate surface area is 213 Å². The Morgan fingerprint density at radius 2 is 1.36 bits per heavy atom. The monoisotopic (exact) mass is 507 g/mol. The average Bonchev–Trinajstić information content (AvgIpc) is 2.78. The number of carbonyl (C=O) groups excluding carboxylic acids is 3. The van der Waals surface area contributed by atoms with Gasteiger partial charge in [-0.15, -0.1) is 0 Å². The lowest BCUT2D eigenvalue weighted by Crippen LogP contribution is -2.59. The van der Waals surface area contributed by atoms with Gasteiger partial charge in [0.25, 0.3) is 0 Å². The van der Waals surface area contributed by atoms with E-state index in [0.717, 1.165) is 5.56 Å². The van der Waals surface area contributed by atoms with Gasteiger partial charge < -0.3 is 30.9 Å². The van der Waals surface area contributed by atoms with Crippen LogP contribution < -0.4 is 16.0 Å². The third-order valence-corrected chi connectivity index (χ3v) is 5.58. The summed E-state index contributed by atoms with van der Waals surface area (Å²) in [6.45, 7) is 10.9. The molecule has 0 aromatic heterocycles. The van der Waals surface area contributed by atoms with Crippen molar-refractivity contribution in [3.8, 4) is 0 Å². The topological polar surface area (TPSA) is 154 Å². The number of aliphatic carboxylic acids is 1. The van der Waals surface area contributed by atoms with Crippen molar-refractivity contribution in [1.82, 2.24) is 16.0 Å². The van der Waals surface area contributed by atoms with Gasteiger partial charge >= 0.3 is 12.1 Å². The number of carboxylic acid groups (broad SMARTS) is 1. The summed E-state index contributed by atoms with van der Waals surface area (Å²) in [7, 11) is 0. The molecule has 202 valence electrons. The van der Waals surface area contributed by atoms with Crippen molar-refractivity contribution in [2.45, 2.75) is 85.2 Å². The molecule has 0 saturated carbocycles. The number of ether oxygens (including phenoxy) is 1. The molecule has 10 heteroatoms. The van der Waals surface area contributed by atoms with Gasteiger partial charge in [-0.3, -0.25) is 14.4 Å². The first kappa shape index (κ1) is 30.9. The zero-order valence-corrected chi connectivity index (χ0v) is 22.0. The van der Waals surface area contributed by atoms with E-state index in [1.165, 1.54) is 0 Å². The second-order valence-electron chi connectivity index (χ2n) is 10.1. The summed E-state index contributed by atoms with van der Waals surface area (Å²) in [6.07, 6.45) is -2.18. The van der Waals surface area contributed by atoms with E-state index in [2.05, 4.69) is 16.0 Å². The van der Waals surface area contributed by atoms with Crippen LogP contribution in [0.15, 0.2) is 30.3 Å². The van der Waals surface area contributed by atoms with Crippen LogP contribution in [0, 0.1) is 17.8 Å². The fraction of sp³-hybridized carbons (Fsp3) is 0.615. The van der Waals surface area contributed by atoms with Crippen molar-refractivity contribution in [3.63, 3.8) is 0 Å². The molecule has 1 aromatic rings. The van der Waals surface area contributed by atoms with Crippen LogP contribution in [0.5, 0.6) is 0 Å². The quantitative estimate of drug-likeness (QED) is 0.259. The molecule has 0 spiro atoms. The number of hydrogen-bond donors (Lipinski definition) is 5. The fourth-order valence-corrected chi connectivity index (χ4v) is 3.62. The minimum atomic E-state index is -1.28. The van der Waals surface area contributed by atoms with Crippen LogP contribution in [-0.4, -0.2) is 58.3 Å². The van der Waals surface area contributed by atoms with E-state index in [9.17, 15) is 24.3 Å². The van der Waals surface area contributed by atoms with Gasteiger partial charge in [0.05, 0.1) is 18.6 Å². The van der Waals surface area contributed by atoms with Crippen LogP contribution in [0.3, 0.4) is 0 Å². The molecule has 3 amide bonds. The Kier molecular flexibility index (Phi) is 12.9. The first-order chi connectivity index (χ1) is 16.8. The maximum Gasteiger partial charge on any atom is 0.408 e. The standard InChI is InChI=1S/C26H41N3O7/c1-15(2)12-19(20(30)13-21(31)32)27-24(33)22(16(3)4)28-25(34)23(17(5)6)29-26(35)36-14-18-10-8-7-9-11-18/h7-11,15-17,19-20,22-23,30H,12-14H2,1-6H3,(H,27,33)(H,28,34)(H,29,35)(H,31,32)/t19-,20+,22-,23-/m0/s1.